The van der Waals surface area contributed by atoms with Crippen molar-refractivity contribution in [1.29, 1.82) is 0 Å². The van der Waals surface area contributed by atoms with E-state index in [2.05, 4.69) is 5.16 Å². The fourth-order valence-corrected chi connectivity index (χ4v) is 4.00. The summed E-state index contributed by atoms with van der Waals surface area (Å²) in [4.78, 5) is 15.2. The molecule has 0 unspecified atom stereocenters. The van der Waals surface area contributed by atoms with Crippen molar-refractivity contribution >= 4 is 5.91 Å². The van der Waals surface area contributed by atoms with Gasteiger partial charge in [-0.25, -0.2) is 4.39 Å². The van der Waals surface area contributed by atoms with Gasteiger partial charge in [-0.1, -0.05) is 11.2 Å². The Kier molecular flexibility index (Phi) is 5.21. The molecule has 0 saturated carbocycles. The number of nitrogens with zero attached hydrogens (tertiary/aromatic N) is 2. The number of carbonyl (C=O) groups excluding carboxylic acids is 1. The van der Waals surface area contributed by atoms with Gasteiger partial charge in [-0.15, -0.1) is 0 Å². The van der Waals surface area contributed by atoms with Crippen molar-refractivity contribution in [3.8, 4) is 34.3 Å². The summed E-state index contributed by atoms with van der Waals surface area (Å²) in [6.45, 7) is 0.776. The van der Waals surface area contributed by atoms with Gasteiger partial charge in [0.25, 0.3) is 5.91 Å². The lowest BCUT2D eigenvalue weighted by atomic mass is 10.1. The first kappa shape index (κ1) is 21.0. The quantitative estimate of drug-likeness (QED) is 0.398. The van der Waals surface area contributed by atoms with Gasteiger partial charge in [-0.3, -0.25) is 4.79 Å². The summed E-state index contributed by atoms with van der Waals surface area (Å²) in [7, 11) is 0. The summed E-state index contributed by atoms with van der Waals surface area (Å²) in [5.41, 5.74) is 2.57. The van der Waals surface area contributed by atoms with Gasteiger partial charge in [0.05, 0.1) is 6.54 Å². The van der Waals surface area contributed by atoms with Crippen LogP contribution in [0.15, 0.2) is 71.3 Å². The number of carbonyl (C=O) groups is 1. The Morgan fingerprint density at radius 1 is 0.800 bits per heavy atom. The first-order valence-electron chi connectivity index (χ1n) is 10.9. The lowest BCUT2D eigenvalue weighted by Gasteiger charge is -2.22. The van der Waals surface area contributed by atoms with Gasteiger partial charge in [-0.2, -0.15) is 0 Å². The van der Waals surface area contributed by atoms with Gasteiger partial charge in [-0.05, 0) is 60.2 Å². The second-order valence-corrected chi connectivity index (χ2v) is 8.11. The summed E-state index contributed by atoms with van der Waals surface area (Å²) in [5, 5.41) is 4.14. The summed E-state index contributed by atoms with van der Waals surface area (Å²) in [6.07, 6.45) is 0. The molecule has 0 radical (unpaired) electrons. The molecule has 0 aliphatic carbocycles. The van der Waals surface area contributed by atoms with Crippen LogP contribution < -0.4 is 18.9 Å². The Labute approximate surface area is 199 Å². The van der Waals surface area contributed by atoms with Crippen LogP contribution in [0.3, 0.4) is 0 Å². The van der Waals surface area contributed by atoms with Crippen molar-refractivity contribution in [2.45, 2.75) is 13.1 Å². The monoisotopic (exact) mass is 474 g/mol. The number of aromatic nitrogens is 1. The van der Waals surface area contributed by atoms with Crippen molar-refractivity contribution < 1.29 is 32.7 Å². The predicted molar refractivity (Wildman–Crippen MR) is 121 cm³/mol. The first-order chi connectivity index (χ1) is 17.1. The van der Waals surface area contributed by atoms with Crippen molar-refractivity contribution in [2.24, 2.45) is 0 Å². The van der Waals surface area contributed by atoms with E-state index in [0.29, 0.717) is 52.1 Å². The fraction of sp³-hybridized carbons (Fsp3) is 0.154. The zero-order chi connectivity index (χ0) is 23.8. The normalized spacial score (nSPS) is 13.2. The molecule has 0 spiro atoms. The molecule has 1 aromatic heterocycles. The van der Waals surface area contributed by atoms with E-state index >= 15 is 0 Å². The number of fused-ring (bicyclic) bond motifs is 2. The Morgan fingerprint density at radius 3 is 2.26 bits per heavy atom. The lowest BCUT2D eigenvalue weighted by Crippen LogP contribution is -2.30. The van der Waals surface area contributed by atoms with Gasteiger partial charge in [0.15, 0.2) is 28.8 Å². The highest BCUT2D eigenvalue weighted by Gasteiger charge is 2.23. The van der Waals surface area contributed by atoms with Crippen molar-refractivity contribution in [3.05, 3.63) is 89.4 Å². The summed E-state index contributed by atoms with van der Waals surface area (Å²) in [6, 6.07) is 18.3. The molecule has 176 valence electrons. The Balaban J connectivity index is 1.29. The van der Waals surface area contributed by atoms with E-state index in [9.17, 15) is 9.18 Å². The first-order valence-corrected chi connectivity index (χ1v) is 10.9. The molecular weight excluding hydrogens is 455 g/mol. The van der Waals surface area contributed by atoms with E-state index in [0.717, 1.165) is 5.56 Å². The zero-order valence-electron chi connectivity index (χ0n) is 18.4. The zero-order valence-corrected chi connectivity index (χ0v) is 18.4. The molecule has 9 heteroatoms. The van der Waals surface area contributed by atoms with E-state index < -0.39 is 0 Å². The Morgan fingerprint density at radius 2 is 1.49 bits per heavy atom. The van der Waals surface area contributed by atoms with Crippen LogP contribution in [-0.2, 0) is 13.1 Å². The standard InChI is InChI=1S/C26H19FN2O6/c27-19-5-2-17(3-6-19)23-11-20(28-35-23)13-29(12-16-1-7-21-24(9-16)33-14-31-21)26(30)18-4-8-22-25(10-18)34-15-32-22/h1-11H,12-15H2. The van der Waals surface area contributed by atoms with Crippen LogP contribution in [0.1, 0.15) is 21.6 Å². The summed E-state index contributed by atoms with van der Waals surface area (Å²) < 4.78 is 40.4. The minimum atomic E-state index is -0.335. The maximum absolute atomic E-state index is 13.6. The van der Waals surface area contributed by atoms with E-state index in [1.165, 1.54) is 12.1 Å². The molecule has 0 saturated heterocycles. The highest BCUT2D eigenvalue weighted by Crippen LogP contribution is 2.35. The van der Waals surface area contributed by atoms with E-state index in [1.54, 1.807) is 41.3 Å². The molecule has 2 aliphatic heterocycles. The number of ether oxygens (including phenoxy) is 4. The molecule has 2 aliphatic rings. The number of halogens is 1. The Bertz CT molecular complexity index is 1400. The number of hydrogen-bond acceptors (Lipinski definition) is 7. The lowest BCUT2D eigenvalue weighted by molar-refractivity contribution is 0.0725. The topological polar surface area (TPSA) is 83.3 Å². The van der Waals surface area contributed by atoms with Gasteiger partial charge in [0.1, 0.15) is 11.5 Å². The molecule has 0 fully saturated rings. The van der Waals surface area contributed by atoms with Gasteiger partial charge < -0.3 is 28.4 Å². The average molecular weight is 474 g/mol. The fourth-order valence-electron chi connectivity index (χ4n) is 4.00. The molecule has 8 nitrogen and oxygen atoms in total. The van der Waals surface area contributed by atoms with E-state index in [4.69, 9.17) is 23.5 Å². The van der Waals surface area contributed by atoms with E-state index in [1.807, 2.05) is 18.2 Å². The van der Waals surface area contributed by atoms with Crippen LogP contribution in [0.2, 0.25) is 0 Å². The van der Waals surface area contributed by atoms with Crippen LogP contribution in [0.25, 0.3) is 11.3 Å². The molecule has 0 N–H and O–H groups in total. The summed E-state index contributed by atoms with van der Waals surface area (Å²) in [5.74, 6) is 2.37. The number of hydrogen-bond donors (Lipinski definition) is 0. The maximum atomic E-state index is 13.6. The minimum Gasteiger partial charge on any atom is -0.454 e. The molecule has 6 rings (SSSR count). The van der Waals surface area contributed by atoms with Crippen molar-refractivity contribution in [1.82, 2.24) is 10.1 Å². The third-order valence-corrected chi connectivity index (χ3v) is 5.76. The average Bonchev–Trinajstić information content (AvgIpc) is 3.63. The highest BCUT2D eigenvalue weighted by molar-refractivity contribution is 5.95. The second kappa shape index (κ2) is 8.68. The molecule has 3 heterocycles. The SMILES string of the molecule is O=C(c1ccc2c(c1)OCO2)N(Cc1ccc2c(c1)OCO2)Cc1cc(-c2ccc(F)cc2)on1. The second-order valence-electron chi connectivity index (χ2n) is 8.11. The van der Waals surface area contributed by atoms with Crippen LogP contribution in [0.4, 0.5) is 4.39 Å². The van der Waals surface area contributed by atoms with Crippen LogP contribution >= 0.6 is 0 Å². The minimum absolute atomic E-state index is 0.124. The van der Waals surface area contributed by atoms with Crippen LogP contribution in [0.5, 0.6) is 23.0 Å². The molecule has 0 atom stereocenters. The van der Waals surface area contributed by atoms with Gasteiger partial charge in [0.2, 0.25) is 13.6 Å². The molecule has 0 bridgehead atoms. The number of rotatable bonds is 6. The van der Waals surface area contributed by atoms with Gasteiger partial charge in [0, 0.05) is 23.7 Å². The summed E-state index contributed by atoms with van der Waals surface area (Å²) >= 11 is 0. The van der Waals surface area contributed by atoms with E-state index in [-0.39, 0.29) is 31.9 Å². The smallest absolute Gasteiger partial charge is 0.254 e. The third-order valence-electron chi connectivity index (χ3n) is 5.76. The molecular formula is C26H19FN2O6. The maximum Gasteiger partial charge on any atom is 0.254 e. The van der Waals surface area contributed by atoms with Crippen LogP contribution in [0, 0.1) is 5.82 Å². The molecule has 4 aromatic rings. The van der Waals surface area contributed by atoms with Crippen molar-refractivity contribution in [2.75, 3.05) is 13.6 Å². The molecule has 3 aromatic carbocycles. The Hall–Kier alpha value is -4.53. The highest BCUT2D eigenvalue weighted by atomic mass is 19.1. The largest absolute Gasteiger partial charge is 0.454 e. The third kappa shape index (κ3) is 4.23. The van der Waals surface area contributed by atoms with Crippen molar-refractivity contribution in [3.63, 3.8) is 0 Å². The predicted octanol–water partition coefficient (Wildman–Crippen LogP) is 4.78. The molecule has 35 heavy (non-hydrogen) atoms. The number of benzene rings is 3. The van der Waals surface area contributed by atoms with Gasteiger partial charge >= 0.3 is 0 Å². The molecule has 1 amide bonds. The number of amides is 1. The van der Waals surface area contributed by atoms with Crippen LogP contribution in [-0.4, -0.2) is 29.5 Å².